The van der Waals surface area contributed by atoms with Crippen LogP contribution in [-0.2, 0) is 76.9 Å². The average molecular weight is 843 g/mol. The van der Waals surface area contributed by atoms with Gasteiger partial charge in [-0.3, -0.25) is 0 Å². The molecule has 0 unspecified atom stereocenters. The Hall–Kier alpha value is -3.76. The summed E-state index contributed by atoms with van der Waals surface area (Å²) in [6, 6.07) is 0. The zero-order valence-corrected chi connectivity index (χ0v) is 27.0. The van der Waals surface area contributed by atoms with Crippen LogP contribution >= 0.6 is 0 Å². The molecule has 0 aliphatic carbocycles. The third-order valence-corrected chi connectivity index (χ3v) is 9.33. The number of aromatic nitrogens is 4. The van der Waals surface area contributed by atoms with Gasteiger partial charge < -0.3 is 18.5 Å². The summed E-state index contributed by atoms with van der Waals surface area (Å²) in [5.74, 6) is -1.65. The van der Waals surface area contributed by atoms with Crippen molar-refractivity contribution in [2.45, 2.75) is 35.1 Å². The molecule has 0 spiro atoms. The third kappa shape index (κ3) is 16.8. The van der Waals surface area contributed by atoms with E-state index in [1.807, 2.05) is 14.1 Å². The zero-order valence-electron chi connectivity index (χ0n) is 23.7. The van der Waals surface area contributed by atoms with Gasteiger partial charge in [0, 0.05) is 0 Å². The van der Waals surface area contributed by atoms with Gasteiger partial charge in [-0.05, 0) is 0 Å². The number of sulfonamides is 4. The minimum atomic E-state index is -6.72. The lowest BCUT2D eigenvalue weighted by Gasteiger charge is -2.22. The lowest BCUT2D eigenvalue weighted by Crippen LogP contribution is -2.30. The van der Waals surface area contributed by atoms with E-state index in [2.05, 4.69) is 0 Å². The fraction of sp³-hybridized carbons (Fsp3) is 0.500. The molecule has 34 heteroatoms. The number of carbonyl (C=O) groups is 2. The van der Waals surface area contributed by atoms with Gasteiger partial charge in [0.1, 0.15) is 24.8 Å². The minimum Gasteiger partial charge on any atom is -0.478 e. The number of aryl methyl sites for hydroxylation is 2. The summed E-state index contributed by atoms with van der Waals surface area (Å²) < 4.78 is 225. The second kappa shape index (κ2) is 17.0. The van der Waals surface area contributed by atoms with Crippen molar-refractivity contribution in [2.75, 3.05) is 0 Å². The number of hydrogen-bond donors (Lipinski definition) is 2. The van der Waals surface area contributed by atoms with Crippen LogP contribution in [0.15, 0.2) is 37.4 Å². The van der Waals surface area contributed by atoms with E-state index < -0.39 is 74.1 Å². The maximum absolute atomic E-state index is 11.4. The lowest BCUT2D eigenvalue weighted by atomic mass is 10.6. The van der Waals surface area contributed by atoms with Gasteiger partial charge in [0.2, 0.25) is 12.7 Å². The van der Waals surface area contributed by atoms with Crippen molar-refractivity contribution in [2.24, 2.45) is 14.1 Å². The highest BCUT2D eigenvalue weighted by Gasteiger charge is 2.48. The van der Waals surface area contributed by atoms with Crippen LogP contribution in [-0.4, -0.2) is 87.0 Å². The topological polar surface area (TPSA) is 257 Å². The standard InChI is InChI=1S/2C6H8N2O2.2C2F6NO4S2/c2*1-7-2-3-8(5-7)4-6(9)10;2*3-1(4,5)14(10,11)9-15(12,13)2(6,7)8/h2*2-3,5H,4H2,1H3;;/q;;2*-1/p+2. The van der Waals surface area contributed by atoms with Crippen molar-refractivity contribution in [3.8, 4) is 0 Å². The van der Waals surface area contributed by atoms with E-state index in [1.54, 1.807) is 55.7 Å². The van der Waals surface area contributed by atoms with Gasteiger partial charge in [0.05, 0.1) is 14.1 Å². The normalized spacial score (nSPS) is 13.1. The first kappa shape index (κ1) is 48.4. The maximum Gasteiger partial charge on any atom is 0.480 e. The molecule has 0 saturated heterocycles. The smallest absolute Gasteiger partial charge is 0.478 e. The summed E-state index contributed by atoms with van der Waals surface area (Å²) in [6.45, 7) is 0.0572. The molecule has 2 heterocycles. The predicted molar refractivity (Wildman–Crippen MR) is 133 cm³/mol. The minimum absolute atomic E-state index is 0.0286. The van der Waals surface area contributed by atoms with E-state index in [1.165, 1.54) is 0 Å². The van der Waals surface area contributed by atoms with Gasteiger partial charge >= 0.3 is 34.0 Å². The Morgan fingerprint density at radius 1 is 0.540 bits per heavy atom. The average Bonchev–Trinajstić information content (AvgIpc) is 3.42. The number of imidazole rings is 2. The number of hydrogen-bond acceptors (Lipinski definition) is 10. The van der Waals surface area contributed by atoms with Gasteiger partial charge in [-0.25, -0.2) is 61.5 Å². The SMILES string of the molecule is C[n+]1ccn(CC(=O)O)c1.C[n+]1ccn(CC(=O)O)c1.O=S(=O)([N-]S(=O)(=O)C(F)(F)F)C(F)(F)F.O=S(=O)([N-]S(=O)(=O)C(F)(F)F)C(F)(F)F. The van der Waals surface area contributed by atoms with Crippen molar-refractivity contribution in [3.05, 3.63) is 45.7 Å². The highest BCUT2D eigenvalue weighted by Crippen LogP contribution is 2.37. The van der Waals surface area contributed by atoms with E-state index in [4.69, 9.17) is 10.2 Å². The molecule has 0 radical (unpaired) electrons. The molecule has 0 amide bonds. The van der Waals surface area contributed by atoms with Crippen LogP contribution in [0.2, 0.25) is 0 Å². The maximum atomic E-state index is 11.4. The van der Waals surface area contributed by atoms with Crippen LogP contribution in [0.3, 0.4) is 0 Å². The summed E-state index contributed by atoms with van der Waals surface area (Å²) in [5, 5.41) is 16.7. The first-order valence-corrected chi connectivity index (χ1v) is 16.7. The van der Waals surface area contributed by atoms with Gasteiger partial charge in [-0.15, -0.1) is 0 Å². The highest BCUT2D eigenvalue weighted by atomic mass is 32.3. The number of carboxylic acid groups (broad SMARTS) is 2. The summed E-state index contributed by atoms with van der Waals surface area (Å²) in [7, 11) is -23.2. The number of halogens is 12. The number of rotatable bonds is 8. The first-order valence-electron chi connectivity index (χ1n) is 11.0. The molecule has 0 fully saturated rings. The summed E-state index contributed by atoms with van der Waals surface area (Å²) in [6.07, 6.45) is 10.5. The molecule has 0 aliphatic rings. The fourth-order valence-electron chi connectivity index (χ4n) is 1.93. The fourth-order valence-corrected chi connectivity index (χ4v) is 5.35. The third-order valence-electron chi connectivity index (χ3n) is 3.85. The molecule has 0 saturated carbocycles. The van der Waals surface area contributed by atoms with Crippen molar-refractivity contribution >= 4 is 52.0 Å². The molecule has 2 aromatic heterocycles. The van der Waals surface area contributed by atoms with E-state index in [0.29, 0.717) is 0 Å². The van der Waals surface area contributed by atoms with Gasteiger partial charge in [-0.1, -0.05) is 0 Å². The number of nitrogens with zero attached hydrogens (tertiary/aromatic N) is 6. The molecule has 0 atom stereocenters. The number of aliphatic carboxylic acids is 2. The van der Waals surface area contributed by atoms with E-state index in [9.17, 15) is 95.9 Å². The van der Waals surface area contributed by atoms with Crippen molar-refractivity contribution in [3.63, 3.8) is 0 Å². The Labute approximate surface area is 271 Å². The molecule has 0 bridgehead atoms. The Bertz CT molecular complexity index is 1670. The highest BCUT2D eigenvalue weighted by molar-refractivity contribution is 8.13. The van der Waals surface area contributed by atoms with Crippen LogP contribution in [0.5, 0.6) is 0 Å². The van der Waals surface area contributed by atoms with Crippen LogP contribution in [0, 0.1) is 0 Å². The molecule has 2 rings (SSSR count). The molecule has 2 N–H and O–H groups in total. The molecule has 50 heavy (non-hydrogen) atoms. The molecular weight excluding hydrogens is 824 g/mol. The Morgan fingerprint density at radius 3 is 0.860 bits per heavy atom. The van der Waals surface area contributed by atoms with Crippen molar-refractivity contribution in [1.82, 2.24) is 9.13 Å². The first-order chi connectivity index (χ1) is 21.8. The Morgan fingerprint density at radius 2 is 0.740 bits per heavy atom. The second-order valence-electron chi connectivity index (χ2n) is 8.12. The van der Waals surface area contributed by atoms with Gasteiger partial charge in [0.15, 0.2) is 53.2 Å². The summed E-state index contributed by atoms with van der Waals surface area (Å²) >= 11 is 0. The largest absolute Gasteiger partial charge is 0.480 e. The predicted octanol–water partition coefficient (Wildman–Crippen LogP) is 0.913. The Kier molecular flexibility index (Phi) is 16.4. The van der Waals surface area contributed by atoms with E-state index in [0.717, 1.165) is 8.25 Å². The molecule has 18 nitrogen and oxygen atoms in total. The molecule has 0 aliphatic heterocycles. The lowest BCUT2D eigenvalue weighted by molar-refractivity contribution is -0.671. The Balaban J connectivity index is 0. The molecular formula is C16H18F12N6O12S4. The number of carboxylic acids is 2. The van der Waals surface area contributed by atoms with Crippen LogP contribution in [0.25, 0.3) is 8.25 Å². The molecule has 292 valence electrons. The monoisotopic (exact) mass is 842 g/mol. The van der Waals surface area contributed by atoms with Gasteiger partial charge in [-0.2, -0.15) is 52.7 Å². The molecule has 0 aromatic carbocycles. The van der Waals surface area contributed by atoms with Crippen molar-refractivity contribution < 1.29 is 115 Å². The van der Waals surface area contributed by atoms with E-state index in [-0.39, 0.29) is 13.1 Å². The summed E-state index contributed by atoms with van der Waals surface area (Å²) in [4.78, 5) is 20.3. The second-order valence-corrected chi connectivity index (χ2v) is 15.0. The van der Waals surface area contributed by atoms with Gasteiger partial charge in [0.25, 0.3) is 0 Å². The van der Waals surface area contributed by atoms with Crippen molar-refractivity contribution in [1.29, 1.82) is 0 Å². The number of alkyl halides is 12. The quantitative estimate of drug-likeness (QED) is 0.278. The summed E-state index contributed by atoms with van der Waals surface area (Å²) in [5.41, 5.74) is -24.8. The van der Waals surface area contributed by atoms with Crippen LogP contribution in [0.4, 0.5) is 52.7 Å². The van der Waals surface area contributed by atoms with Crippen LogP contribution in [0.1, 0.15) is 0 Å². The van der Waals surface area contributed by atoms with E-state index >= 15 is 0 Å². The zero-order chi connectivity index (χ0) is 40.5. The molecule has 2 aromatic rings. The van der Waals surface area contributed by atoms with Crippen LogP contribution < -0.4 is 9.13 Å².